The van der Waals surface area contributed by atoms with E-state index < -0.39 is 6.09 Å². The number of aliphatic hydroxyl groups excluding tert-OH is 1. The lowest BCUT2D eigenvalue weighted by Gasteiger charge is -2.01. The van der Waals surface area contributed by atoms with Crippen molar-refractivity contribution in [3.8, 4) is 5.69 Å². The number of hydrogen-bond donors (Lipinski definition) is 2. The fourth-order valence-corrected chi connectivity index (χ4v) is 1.43. The number of amides is 1. The van der Waals surface area contributed by atoms with Crippen molar-refractivity contribution in [1.82, 2.24) is 15.0 Å². The molecule has 0 fully saturated rings. The van der Waals surface area contributed by atoms with E-state index in [0.29, 0.717) is 5.69 Å². The van der Waals surface area contributed by atoms with Crippen LogP contribution in [0.4, 0.5) is 4.79 Å². The summed E-state index contributed by atoms with van der Waals surface area (Å²) in [6.07, 6.45) is 0.770. The number of aliphatic hydroxyl groups is 1. The quantitative estimate of drug-likeness (QED) is 0.812. The maximum atomic E-state index is 10.5. The van der Waals surface area contributed by atoms with Gasteiger partial charge in [0.1, 0.15) is 12.3 Å². The van der Waals surface area contributed by atoms with Crippen molar-refractivity contribution in [1.29, 1.82) is 0 Å². The molecule has 2 rings (SSSR count). The summed E-state index contributed by atoms with van der Waals surface area (Å²) in [6, 6.07) is 7.22. The molecule has 0 aliphatic carbocycles. The monoisotopic (exact) mass is 248 g/mol. The summed E-state index contributed by atoms with van der Waals surface area (Å²) >= 11 is 0. The fraction of sp³-hybridized carbons (Fsp3) is 0.182. The molecular weight excluding hydrogens is 236 g/mol. The van der Waals surface area contributed by atoms with Gasteiger partial charge in [0, 0.05) is 0 Å². The maximum Gasteiger partial charge on any atom is 0.404 e. The smallest absolute Gasteiger partial charge is 0.404 e. The van der Waals surface area contributed by atoms with Crippen molar-refractivity contribution >= 4 is 6.09 Å². The molecule has 0 radical (unpaired) electrons. The van der Waals surface area contributed by atoms with Gasteiger partial charge in [0.05, 0.1) is 18.5 Å². The summed E-state index contributed by atoms with van der Waals surface area (Å²) in [5.41, 5.74) is 6.88. The molecule has 7 nitrogen and oxygen atoms in total. The fourth-order valence-electron chi connectivity index (χ4n) is 1.43. The summed E-state index contributed by atoms with van der Waals surface area (Å²) < 4.78 is 6.13. The lowest BCUT2D eigenvalue weighted by Crippen LogP contribution is -2.12. The zero-order chi connectivity index (χ0) is 13.0. The molecule has 0 spiro atoms. The number of ether oxygens (including phenoxy) is 1. The van der Waals surface area contributed by atoms with E-state index in [-0.39, 0.29) is 13.2 Å². The minimum atomic E-state index is -0.855. The van der Waals surface area contributed by atoms with Crippen LogP contribution in [0.2, 0.25) is 0 Å². The Kier molecular flexibility index (Phi) is 3.54. The molecule has 0 unspecified atom stereocenters. The van der Waals surface area contributed by atoms with E-state index in [1.807, 2.05) is 12.1 Å². The average Bonchev–Trinajstić information content (AvgIpc) is 2.85. The van der Waals surface area contributed by atoms with Crippen molar-refractivity contribution in [3.63, 3.8) is 0 Å². The van der Waals surface area contributed by atoms with E-state index in [2.05, 4.69) is 15.0 Å². The van der Waals surface area contributed by atoms with Gasteiger partial charge in [0.15, 0.2) is 0 Å². The van der Waals surface area contributed by atoms with Crippen LogP contribution in [-0.2, 0) is 18.0 Å². The van der Waals surface area contributed by atoms with E-state index in [0.717, 1.165) is 11.3 Å². The van der Waals surface area contributed by atoms with Crippen LogP contribution >= 0.6 is 0 Å². The maximum absolute atomic E-state index is 10.5. The van der Waals surface area contributed by atoms with Crippen molar-refractivity contribution in [2.75, 3.05) is 0 Å². The number of nitrogens with two attached hydrogens (primary N) is 1. The van der Waals surface area contributed by atoms with Gasteiger partial charge in [-0.05, 0) is 17.7 Å². The zero-order valence-electron chi connectivity index (χ0n) is 9.48. The van der Waals surface area contributed by atoms with Crippen LogP contribution in [0.15, 0.2) is 30.5 Å². The predicted octanol–water partition coefficient (Wildman–Crippen LogP) is 0.355. The summed E-state index contributed by atoms with van der Waals surface area (Å²) in [4.78, 5) is 10.5. The second-order valence-corrected chi connectivity index (χ2v) is 3.59. The molecule has 1 aromatic heterocycles. The molecule has 1 heterocycles. The third kappa shape index (κ3) is 2.83. The van der Waals surface area contributed by atoms with E-state index in [4.69, 9.17) is 10.8 Å². The first-order chi connectivity index (χ1) is 8.69. The van der Waals surface area contributed by atoms with Gasteiger partial charge in [-0.3, -0.25) is 0 Å². The first-order valence-electron chi connectivity index (χ1n) is 5.22. The van der Waals surface area contributed by atoms with Gasteiger partial charge in [0.25, 0.3) is 0 Å². The predicted molar refractivity (Wildman–Crippen MR) is 61.7 cm³/mol. The Morgan fingerprint density at radius 2 is 2.33 bits per heavy atom. The van der Waals surface area contributed by atoms with Gasteiger partial charge in [-0.25, -0.2) is 9.48 Å². The molecule has 94 valence electrons. The molecule has 0 aliphatic rings. The highest BCUT2D eigenvalue weighted by Gasteiger charge is 2.05. The van der Waals surface area contributed by atoms with E-state index in [1.165, 1.54) is 4.68 Å². The summed E-state index contributed by atoms with van der Waals surface area (Å²) in [5.74, 6) is 0. The summed E-state index contributed by atoms with van der Waals surface area (Å²) in [7, 11) is 0. The molecule has 18 heavy (non-hydrogen) atoms. The van der Waals surface area contributed by atoms with Gasteiger partial charge in [-0.15, -0.1) is 5.10 Å². The Morgan fingerprint density at radius 1 is 1.50 bits per heavy atom. The van der Waals surface area contributed by atoms with Gasteiger partial charge in [0.2, 0.25) is 0 Å². The topological polar surface area (TPSA) is 103 Å². The third-order valence-corrected chi connectivity index (χ3v) is 2.26. The van der Waals surface area contributed by atoms with Crippen LogP contribution in [0.25, 0.3) is 5.69 Å². The minimum Gasteiger partial charge on any atom is -0.443 e. The van der Waals surface area contributed by atoms with Crippen molar-refractivity contribution in [2.45, 2.75) is 13.2 Å². The van der Waals surface area contributed by atoms with E-state index in [1.54, 1.807) is 18.3 Å². The Hall–Kier alpha value is -2.41. The molecule has 2 aromatic rings. The van der Waals surface area contributed by atoms with Crippen LogP contribution in [0, 0.1) is 0 Å². The SMILES string of the molecule is NC(=O)OCc1cn(-c2cccc(CO)c2)nn1. The Labute approximate surface area is 103 Å². The highest BCUT2D eigenvalue weighted by molar-refractivity contribution is 5.64. The highest BCUT2D eigenvalue weighted by Crippen LogP contribution is 2.10. The van der Waals surface area contributed by atoms with Crippen LogP contribution < -0.4 is 5.73 Å². The number of carbonyl (C=O) groups is 1. The molecule has 0 atom stereocenters. The molecule has 7 heteroatoms. The van der Waals surface area contributed by atoms with Gasteiger partial charge >= 0.3 is 6.09 Å². The molecule has 0 bridgehead atoms. The second kappa shape index (κ2) is 5.28. The molecule has 3 N–H and O–H groups in total. The number of benzene rings is 1. The highest BCUT2D eigenvalue weighted by atomic mass is 16.5. The van der Waals surface area contributed by atoms with Crippen LogP contribution in [0.5, 0.6) is 0 Å². The number of hydrogen-bond acceptors (Lipinski definition) is 5. The van der Waals surface area contributed by atoms with Crippen LogP contribution in [0.1, 0.15) is 11.3 Å². The summed E-state index contributed by atoms with van der Waals surface area (Å²) in [6.45, 7) is -0.0603. The molecule has 0 saturated carbocycles. The van der Waals surface area contributed by atoms with Crippen molar-refractivity contribution in [3.05, 3.63) is 41.7 Å². The second-order valence-electron chi connectivity index (χ2n) is 3.59. The first-order valence-corrected chi connectivity index (χ1v) is 5.22. The molecule has 1 aromatic carbocycles. The standard InChI is InChI=1S/C11H12N4O3/c12-11(17)18-7-9-5-15(14-13-9)10-3-1-2-8(4-10)6-16/h1-5,16H,6-7H2,(H2,12,17). The van der Waals surface area contributed by atoms with Crippen LogP contribution in [-0.4, -0.2) is 26.2 Å². The molecule has 0 aliphatic heterocycles. The number of carbonyl (C=O) groups excluding carboxylic acids is 1. The minimum absolute atomic E-state index is 0.0188. The largest absolute Gasteiger partial charge is 0.443 e. The van der Waals surface area contributed by atoms with Gasteiger partial charge in [-0.1, -0.05) is 17.3 Å². The number of nitrogens with zero attached hydrogens (tertiary/aromatic N) is 3. The van der Waals surface area contributed by atoms with E-state index in [9.17, 15) is 4.79 Å². The molecule has 0 saturated heterocycles. The van der Waals surface area contributed by atoms with Crippen molar-refractivity contribution < 1.29 is 14.6 Å². The lowest BCUT2D eigenvalue weighted by molar-refractivity contribution is 0.149. The zero-order valence-corrected chi connectivity index (χ0v) is 9.48. The van der Waals surface area contributed by atoms with Gasteiger partial charge in [-0.2, -0.15) is 0 Å². The Bertz CT molecular complexity index is 553. The van der Waals surface area contributed by atoms with Crippen LogP contribution in [0.3, 0.4) is 0 Å². The van der Waals surface area contributed by atoms with Gasteiger partial charge < -0.3 is 15.6 Å². The average molecular weight is 248 g/mol. The third-order valence-electron chi connectivity index (χ3n) is 2.26. The number of rotatable bonds is 4. The van der Waals surface area contributed by atoms with Crippen molar-refractivity contribution in [2.24, 2.45) is 5.73 Å². The summed E-state index contributed by atoms with van der Waals surface area (Å²) in [5, 5.41) is 16.8. The van der Waals surface area contributed by atoms with E-state index >= 15 is 0 Å². The first kappa shape index (κ1) is 12.1. The molecule has 1 amide bonds. The number of aromatic nitrogens is 3. The normalized spacial score (nSPS) is 10.3. The number of primary amides is 1. The Morgan fingerprint density at radius 3 is 3.06 bits per heavy atom. The molecular formula is C11H12N4O3. The lowest BCUT2D eigenvalue weighted by atomic mass is 10.2. The Balaban J connectivity index is 2.15.